The zero-order valence-corrected chi connectivity index (χ0v) is 18.1. The number of halogens is 1. The molecule has 3 N–H and O–H groups in total. The van der Waals surface area contributed by atoms with Crippen molar-refractivity contribution in [1.82, 2.24) is 4.90 Å². The summed E-state index contributed by atoms with van der Waals surface area (Å²) < 4.78 is 18.8. The molecule has 5 nitrogen and oxygen atoms in total. The van der Waals surface area contributed by atoms with E-state index in [1.807, 2.05) is 50.2 Å². The maximum Gasteiger partial charge on any atom is 0.209 e. The van der Waals surface area contributed by atoms with Gasteiger partial charge in [-0.2, -0.15) is 0 Å². The van der Waals surface area contributed by atoms with Gasteiger partial charge in [0.1, 0.15) is 11.6 Å². The molecule has 1 amide bonds. The van der Waals surface area contributed by atoms with Crippen molar-refractivity contribution < 1.29 is 13.9 Å². The number of hydrogen-bond donors (Lipinski definition) is 2. The van der Waals surface area contributed by atoms with E-state index in [2.05, 4.69) is 0 Å². The molecule has 3 aromatic rings. The molecule has 0 bridgehead atoms. The molecule has 3 aromatic carbocycles. The van der Waals surface area contributed by atoms with E-state index in [4.69, 9.17) is 15.9 Å². The fourth-order valence-corrected chi connectivity index (χ4v) is 3.05. The van der Waals surface area contributed by atoms with Crippen LogP contribution in [-0.2, 0) is 11.3 Å². The van der Waals surface area contributed by atoms with Crippen LogP contribution in [0.25, 0.3) is 11.1 Å². The number of hydrogen-bond acceptors (Lipinski definition) is 4. The smallest absolute Gasteiger partial charge is 0.209 e. The minimum atomic E-state index is -0.231. The van der Waals surface area contributed by atoms with Crippen LogP contribution in [0.3, 0.4) is 0 Å². The number of carbonyl (C=O) groups is 1. The van der Waals surface area contributed by atoms with Crippen molar-refractivity contribution in [1.29, 1.82) is 5.41 Å². The lowest BCUT2D eigenvalue weighted by Gasteiger charge is -2.13. The van der Waals surface area contributed by atoms with E-state index in [-0.39, 0.29) is 5.82 Å². The molecule has 162 valence electrons. The Morgan fingerprint density at radius 1 is 1.13 bits per heavy atom. The molecule has 0 radical (unpaired) electrons. The lowest BCUT2D eigenvalue weighted by molar-refractivity contribution is -0.117. The van der Waals surface area contributed by atoms with Crippen molar-refractivity contribution >= 4 is 18.3 Å². The number of carbonyl (C=O) groups excluding carboxylic acids is 1. The molecule has 0 aliphatic rings. The highest BCUT2D eigenvalue weighted by molar-refractivity contribution is 5.87. The lowest BCUT2D eigenvalue weighted by Crippen LogP contribution is -2.16. The molecular weight excluding hydrogens is 393 g/mol. The van der Waals surface area contributed by atoms with Crippen LogP contribution in [-0.4, -0.2) is 31.2 Å². The molecule has 0 aliphatic carbocycles. The highest BCUT2D eigenvalue weighted by Crippen LogP contribution is 2.31. The quantitative estimate of drug-likeness (QED) is 0.318. The molecule has 0 saturated carbocycles. The summed E-state index contributed by atoms with van der Waals surface area (Å²) in [6.45, 7) is 5.03. The Morgan fingerprint density at radius 2 is 1.87 bits per heavy atom. The van der Waals surface area contributed by atoms with Gasteiger partial charge in [-0.25, -0.2) is 4.39 Å². The van der Waals surface area contributed by atoms with Gasteiger partial charge in [0.05, 0.1) is 6.61 Å². The Hall–Kier alpha value is -3.67. The van der Waals surface area contributed by atoms with E-state index in [0.29, 0.717) is 24.4 Å². The average molecular weight is 422 g/mol. The second kappa shape index (κ2) is 11.5. The van der Waals surface area contributed by atoms with Gasteiger partial charge in [0.15, 0.2) is 0 Å². The number of anilines is 1. The Balaban J connectivity index is 0.000000225. The van der Waals surface area contributed by atoms with Crippen molar-refractivity contribution in [2.75, 3.05) is 19.4 Å². The standard InChI is InChI=1S/C15H15FO.C10H13N3O/c1-3-17-15-9-11(2)7-8-14(15)12-5-4-6-13(16)10-12;1-13(7-14)6-8-3-2-4-10(12)9(8)5-11/h4-10H,3H2,1-2H3;2-5,7,11H,6,12H2,1H3. The van der Waals surface area contributed by atoms with Gasteiger partial charge in [-0.1, -0.05) is 36.4 Å². The van der Waals surface area contributed by atoms with Gasteiger partial charge in [0.25, 0.3) is 0 Å². The maximum absolute atomic E-state index is 13.2. The van der Waals surface area contributed by atoms with Crippen molar-refractivity contribution in [2.45, 2.75) is 20.4 Å². The molecular formula is C25H28FN3O2. The second-order valence-corrected chi connectivity index (χ2v) is 7.03. The Morgan fingerprint density at radius 3 is 2.52 bits per heavy atom. The van der Waals surface area contributed by atoms with Gasteiger partial charge >= 0.3 is 0 Å². The van der Waals surface area contributed by atoms with Gasteiger partial charge in [-0.05, 0) is 54.8 Å². The number of ether oxygens (including phenoxy) is 1. The largest absolute Gasteiger partial charge is 0.493 e. The van der Waals surface area contributed by atoms with Crippen molar-refractivity contribution in [3.63, 3.8) is 0 Å². The Labute approximate surface area is 182 Å². The van der Waals surface area contributed by atoms with Crippen LogP contribution in [0.2, 0.25) is 0 Å². The highest BCUT2D eigenvalue weighted by atomic mass is 19.1. The van der Waals surface area contributed by atoms with Gasteiger partial charge in [-0.15, -0.1) is 0 Å². The number of nitrogens with one attached hydrogen (secondary N) is 1. The van der Waals surface area contributed by atoms with E-state index >= 15 is 0 Å². The van der Waals surface area contributed by atoms with Crippen molar-refractivity contribution in [2.24, 2.45) is 0 Å². The zero-order chi connectivity index (χ0) is 22.8. The van der Waals surface area contributed by atoms with Crippen LogP contribution in [0.4, 0.5) is 10.1 Å². The maximum atomic E-state index is 13.2. The summed E-state index contributed by atoms with van der Waals surface area (Å²) in [6.07, 6.45) is 1.96. The van der Waals surface area contributed by atoms with Crippen LogP contribution in [0, 0.1) is 18.2 Å². The third-order valence-electron chi connectivity index (χ3n) is 4.55. The highest BCUT2D eigenvalue weighted by Gasteiger charge is 2.07. The number of rotatable bonds is 7. The van der Waals surface area contributed by atoms with Crippen LogP contribution in [0.5, 0.6) is 5.75 Å². The third-order valence-corrected chi connectivity index (χ3v) is 4.55. The summed E-state index contributed by atoms with van der Waals surface area (Å²) in [6, 6.07) is 17.9. The number of nitrogens with two attached hydrogens (primary N) is 1. The minimum absolute atomic E-state index is 0.231. The fourth-order valence-electron chi connectivity index (χ4n) is 3.05. The molecule has 6 heteroatoms. The predicted molar refractivity (Wildman–Crippen MR) is 124 cm³/mol. The van der Waals surface area contributed by atoms with Gasteiger partial charge < -0.3 is 20.8 Å². The Bertz CT molecular complexity index is 1040. The number of nitrogen functional groups attached to an aromatic ring is 1. The molecule has 0 saturated heterocycles. The van der Waals surface area contributed by atoms with E-state index in [0.717, 1.165) is 34.4 Å². The predicted octanol–water partition coefficient (Wildman–Crippen LogP) is 5.05. The molecule has 0 heterocycles. The Kier molecular flexibility index (Phi) is 8.76. The van der Waals surface area contributed by atoms with E-state index in [9.17, 15) is 9.18 Å². The van der Waals surface area contributed by atoms with Crippen LogP contribution < -0.4 is 10.5 Å². The first-order valence-electron chi connectivity index (χ1n) is 9.92. The van der Waals surface area contributed by atoms with Crippen LogP contribution in [0.15, 0.2) is 60.7 Å². The second-order valence-electron chi connectivity index (χ2n) is 7.03. The lowest BCUT2D eigenvalue weighted by atomic mass is 10.0. The molecule has 0 aromatic heterocycles. The number of benzene rings is 3. The van der Waals surface area contributed by atoms with Crippen molar-refractivity contribution in [3.05, 3.63) is 83.2 Å². The molecule has 0 spiro atoms. The topological polar surface area (TPSA) is 79.4 Å². The van der Waals surface area contributed by atoms with E-state index in [1.165, 1.54) is 23.2 Å². The normalized spacial score (nSPS) is 9.94. The average Bonchev–Trinajstić information content (AvgIpc) is 2.75. The van der Waals surface area contributed by atoms with Crippen LogP contribution in [0.1, 0.15) is 23.6 Å². The molecule has 0 unspecified atom stereocenters. The SMILES string of the molecule is CCOc1cc(C)ccc1-c1cccc(F)c1.CN(C=O)Cc1cccc(N)c1C=N. The minimum Gasteiger partial charge on any atom is -0.493 e. The fraction of sp³-hybridized carbons (Fsp3) is 0.200. The first kappa shape index (κ1) is 23.6. The molecule has 0 atom stereocenters. The molecule has 31 heavy (non-hydrogen) atoms. The monoisotopic (exact) mass is 421 g/mol. The number of nitrogens with zero attached hydrogens (tertiary/aromatic N) is 1. The zero-order valence-electron chi connectivity index (χ0n) is 18.1. The molecule has 3 rings (SSSR count). The number of amides is 1. The van der Waals surface area contributed by atoms with Gasteiger partial charge in [-0.3, -0.25) is 4.79 Å². The summed E-state index contributed by atoms with van der Waals surface area (Å²) in [5.41, 5.74) is 10.7. The van der Waals surface area contributed by atoms with Crippen molar-refractivity contribution in [3.8, 4) is 16.9 Å². The molecule has 0 aliphatic heterocycles. The van der Waals surface area contributed by atoms with Gasteiger partial charge in [0.2, 0.25) is 6.41 Å². The van der Waals surface area contributed by atoms with E-state index < -0.39 is 0 Å². The van der Waals surface area contributed by atoms with Crippen LogP contribution >= 0.6 is 0 Å². The summed E-state index contributed by atoms with van der Waals surface area (Å²) in [5.74, 6) is 0.573. The number of aryl methyl sites for hydroxylation is 1. The summed E-state index contributed by atoms with van der Waals surface area (Å²) in [5, 5.41) is 7.21. The molecule has 0 fully saturated rings. The first-order valence-corrected chi connectivity index (χ1v) is 9.92. The summed E-state index contributed by atoms with van der Waals surface area (Å²) in [7, 11) is 1.68. The van der Waals surface area contributed by atoms with E-state index in [1.54, 1.807) is 19.2 Å². The summed E-state index contributed by atoms with van der Waals surface area (Å²) >= 11 is 0. The third kappa shape index (κ3) is 6.67. The summed E-state index contributed by atoms with van der Waals surface area (Å²) in [4.78, 5) is 11.9. The first-order chi connectivity index (χ1) is 14.9. The van der Waals surface area contributed by atoms with Gasteiger partial charge in [0, 0.05) is 36.6 Å².